The van der Waals surface area contributed by atoms with E-state index in [-0.39, 0.29) is 5.41 Å². The highest BCUT2D eigenvalue weighted by atomic mass is 32.1. The quantitative estimate of drug-likeness (QED) is 0.734. The molecule has 5 heteroatoms. The Bertz CT molecular complexity index is 604. The van der Waals surface area contributed by atoms with E-state index in [0.29, 0.717) is 5.95 Å². The predicted molar refractivity (Wildman–Crippen MR) is 93.0 cm³/mol. The van der Waals surface area contributed by atoms with Gasteiger partial charge in [-0.15, -0.1) is 11.3 Å². The monoisotopic (exact) mass is 306 g/mol. The summed E-state index contributed by atoms with van der Waals surface area (Å²) < 4.78 is 0. The van der Waals surface area contributed by atoms with E-state index < -0.39 is 0 Å². The Hall–Kier alpha value is -1.36. The fraction of sp³-hybridized carbons (Fsp3) is 0.625. The number of nitrogens with two attached hydrogens (primary N) is 1. The van der Waals surface area contributed by atoms with Gasteiger partial charge < -0.3 is 11.1 Å². The zero-order chi connectivity index (χ0) is 15.5. The number of aryl methyl sites for hydroxylation is 1. The maximum atomic E-state index is 5.82. The van der Waals surface area contributed by atoms with E-state index in [2.05, 4.69) is 49.0 Å². The summed E-state index contributed by atoms with van der Waals surface area (Å²) in [4.78, 5) is 10.9. The minimum absolute atomic E-state index is 0.256. The molecule has 4 nitrogen and oxygen atoms in total. The average molecular weight is 306 g/mol. The summed E-state index contributed by atoms with van der Waals surface area (Å²) in [7, 11) is 0. The second-order valence-corrected chi connectivity index (χ2v) is 7.72. The van der Waals surface area contributed by atoms with E-state index in [9.17, 15) is 0 Å². The first-order valence-electron chi connectivity index (χ1n) is 7.69. The van der Waals surface area contributed by atoms with Crippen LogP contribution in [0, 0.1) is 12.3 Å². The maximum Gasteiger partial charge on any atom is 0.223 e. The molecular formula is C16H26N4S. The van der Waals surface area contributed by atoms with Crippen LogP contribution in [0.5, 0.6) is 0 Å². The Balaban J connectivity index is 2.09. The van der Waals surface area contributed by atoms with Crippen LogP contribution < -0.4 is 11.1 Å². The second kappa shape index (κ2) is 6.60. The molecule has 116 valence electrons. The van der Waals surface area contributed by atoms with E-state index in [4.69, 9.17) is 5.73 Å². The molecule has 0 fully saturated rings. The van der Waals surface area contributed by atoms with Crippen molar-refractivity contribution in [2.45, 2.75) is 53.4 Å². The van der Waals surface area contributed by atoms with Gasteiger partial charge in [0.05, 0.1) is 5.39 Å². The molecule has 3 N–H and O–H groups in total. The number of nitrogen functional groups attached to an aromatic ring is 1. The molecule has 0 aliphatic carbocycles. The van der Waals surface area contributed by atoms with Crippen LogP contribution in [0.1, 0.15) is 51.3 Å². The van der Waals surface area contributed by atoms with Gasteiger partial charge in [0.1, 0.15) is 10.6 Å². The highest BCUT2D eigenvalue weighted by molar-refractivity contribution is 7.18. The van der Waals surface area contributed by atoms with Gasteiger partial charge in [-0.2, -0.15) is 4.98 Å². The van der Waals surface area contributed by atoms with E-state index in [1.807, 2.05) is 0 Å². The summed E-state index contributed by atoms with van der Waals surface area (Å²) >= 11 is 1.66. The molecule has 2 rings (SSSR count). The number of hydrogen-bond acceptors (Lipinski definition) is 5. The van der Waals surface area contributed by atoms with Gasteiger partial charge in [0.25, 0.3) is 0 Å². The molecular weight excluding hydrogens is 280 g/mol. The van der Waals surface area contributed by atoms with Crippen molar-refractivity contribution < 1.29 is 0 Å². The first-order chi connectivity index (χ1) is 9.91. The molecule has 0 saturated heterocycles. The highest BCUT2D eigenvalue weighted by Gasteiger charge is 2.18. The molecule has 0 spiro atoms. The van der Waals surface area contributed by atoms with Crippen molar-refractivity contribution in [3.8, 4) is 0 Å². The molecule has 0 saturated carbocycles. The molecule has 2 aromatic rings. The molecule has 0 aromatic carbocycles. The lowest BCUT2D eigenvalue weighted by molar-refractivity contribution is 0.342. The first-order valence-corrected chi connectivity index (χ1v) is 8.50. The number of rotatable bonds is 7. The Labute approximate surface area is 131 Å². The van der Waals surface area contributed by atoms with Gasteiger partial charge in [0.2, 0.25) is 5.95 Å². The smallest absolute Gasteiger partial charge is 0.223 e. The summed E-state index contributed by atoms with van der Waals surface area (Å²) in [5.74, 6) is 1.21. The van der Waals surface area contributed by atoms with E-state index in [1.54, 1.807) is 11.3 Å². The first kappa shape index (κ1) is 16.0. The van der Waals surface area contributed by atoms with Gasteiger partial charge in [-0.3, -0.25) is 0 Å². The Kier molecular flexibility index (Phi) is 5.04. The average Bonchev–Trinajstić information content (AvgIpc) is 2.76. The molecule has 21 heavy (non-hydrogen) atoms. The Morgan fingerprint density at radius 2 is 2.05 bits per heavy atom. The van der Waals surface area contributed by atoms with Gasteiger partial charge in [0.15, 0.2) is 0 Å². The van der Waals surface area contributed by atoms with Crippen LogP contribution in [0.25, 0.3) is 10.2 Å². The minimum atomic E-state index is 0.256. The van der Waals surface area contributed by atoms with E-state index in [0.717, 1.165) is 22.6 Å². The van der Waals surface area contributed by atoms with Crippen molar-refractivity contribution in [1.82, 2.24) is 9.97 Å². The molecule has 0 aliphatic rings. The van der Waals surface area contributed by atoms with Gasteiger partial charge in [-0.1, -0.05) is 40.0 Å². The summed E-state index contributed by atoms with van der Waals surface area (Å²) in [5, 5.41) is 4.56. The largest absolute Gasteiger partial charge is 0.369 e. The van der Waals surface area contributed by atoms with Crippen molar-refractivity contribution >= 4 is 33.3 Å². The summed E-state index contributed by atoms with van der Waals surface area (Å²) in [6, 6.07) is 2.13. The van der Waals surface area contributed by atoms with Crippen LogP contribution in [0.4, 0.5) is 11.8 Å². The van der Waals surface area contributed by atoms with Crippen molar-refractivity contribution in [2.24, 2.45) is 5.41 Å². The van der Waals surface area contributed by atoms with Crippen LogP contribution in [0.3, 0.4) is 0 Å². The molecule has 0 amide bonds. The van der Waals surface area contributed by atoms with Crippen LogP contribution in [-0.2, 0) is 0 Å². The fourth-order valence-electron chi connectivity index (χ4n) is 2.46. The standard InChI is InChI=1S/C16H26N4S/c1-5-6-7-8-16(3,4)10-18-13-12-9-11(2)21-14(12)20-15(17)19-13/h9H,5-8,10H2,1-4H3,(H3,17,18,19,20). The van der Waals surface area contributed by atoms with Gasteiger partial charge in [-0.25, -0.2) is 4.98 Å². The lowest BCUT2D eigenvalue weighted by Crippen LogP contribution is -2.23. The Morgan fingerprint density at radius 3 is 2.76 bits per heavy atom. The number of thiophene rings is 1. The van der Waals surface area contributed by atoms with Gasteiger partial charge in [0, 0.05) is 11.4 Å². The number of anilines is 2. The van der Waals surface area contributed by atoms with Crippen molar-refractivity contribution in [2.75, 3.05) is 17.6 Å². The van der Waals surface area contributed by atoms with Gasteiger partial charge in [-0.05, 0) is 24.8 Å². The molecule has 0 unspecified atom stereocenters. The maximum absolute atomic E-state index is 5.82. The summed E-state index contributed by atoms with van der Waals surface area (Å²) in [6.07, 6.45) is 5.07. The summed E-state index contributed by atoms with van der Waals surface area (Å²) in [6.45, 7) is 9.83. The third kappa shape index (κ3) is 4.30. The summed E-state index contributed by atoms with van der Waals surface area (Å²) in [5.41, 5.74) is 6.07. The zero-order valence-electron chi connectivity index (χ0n) is 13.5. The lowest BCUT2D eigenvalue weighted by atomic mass is 9.87. The lowest BCUT2D eigenvalue weighted by Gasteiger charge is -2.25. The second-order valence-electron chi connectivity index (χ2n) is 6.48. The normalized spacial score (nSPS) is 12.0. The SMILES string of the molecule is CCCCCC(C)(C)CNc1nc(N)nc2sc(C)cc12. The fourth-order valence-corrected chi connectivity index (χ4v) is 3.34. The third-order valence-electron chi connectivity index (χ3n) is 3.72. The highest BCUT2D eigenvalue weighted by Crippen LogP contribution is 2.30. The van der Waals surface area contributed by atoms with Crippen LogP contribution in [-0.4, -0.2) is 16.5 Å². The molecule has 2 heterocycles. The van der Waals surface area contributed by atoms with Crippen LogP contribution in [0.15, 0.2) is 6.07 Å². The molecule has 2 aromatic heterocycles. The molecule has 0 aliphatic heterocycles. The number of nitrogens with one attached hydrogen (secondary N) is 1. The van der Waals surface area contributed by atoms with Crippen molar-refractivity contribution in [1.29, 1.82) is 0 Å². The number of fused-ring (bicyclic) bond motifs is 1. The minimum Gasteiger partial charge on any atom is -0.369 e. The number of aromatic nitrogens is 2. The zero-order valence-corrected chi connectivity index (χ0v) is 14.3. The van der Waals surface area contributed by atoms with Gasteiger partial charge >= 0.3 is 0 Å². The van der Waals surface area contributed by atoms with Crippen molar-refractivity contribution in [3.63, 3.8) is 0 Å². The molecule has 0 atom stereocenters. The Morgan fingerprint density at radius 1 is 1.29 bits per heavy atom. The number of unbranched alkanes of at least 4 members (excludes halogenated alkanes) is 2. The topological polar surface area (TPSA) is 63.8 Å². The third-order valence-corrected chi connectivity index (χ3v) is 4.67. The molecule has 0 bridgehead atoms. The number of nitrogens with zero attached hydrogens (tertiary/aromatic N) is 2. The molecule has 0 radical (unpaired) electrons. The van der Waals surface area contributed by atoms with Crippen molar-refractivity contribution in [3.05, 3.63) is 10.9 Å². The van der Waals surface area contributed by atoms with E-state index in [1.165, 1.54) is 30.6 Å². The number of hydrogen-bond donors (Lipinski definition) is 2. The predicted octanol–water partition coefficient (Wildman–Crippen LogP) is 4.60. The van der Waals surface area contributed by atoms with Crippen LogP contribution in [0.2, 0.25) is 0 Å². The van der Waals surface area contributed by atoms with E-state index >= 15 is 0 Å². The van der Waals surface area contributed by atoms with Crippen LogP contribution >= 0.6 is 11.3 Å².